The van der Waals surface area contributed by atoms with Gasteiger partial charge in [0.15, 0.2) is 0 Å². The van der Waals surface area contributed by atoms with Gasteiger partial charge in [-0.05, 0) is 53.1 Å². The predicted molar refractivity (Wildman–Crippen MR) is 109 cm³/mol. The maximum absolute atomic E-state index is 11.9. The van der Waals surface area contributed by atoms with Crippen molar-refractivity contribution in [2.75, 3.05) is 5.75 Å². The summed E-state index contributed by atoms with van der Waals surface area (Å²) in [4.78, 5) is 44.8. The van der Waals surface area contributed by atoms with Gasteiger partial charge in [-0.2, -0.15) is 11.8 Å². The van der Waals surface area contributed by atoms with Gasteiger partial charge in [0.2, 0.25) is 6.10 Å². The summed E-state index contributed by atoms with van der Waals surface area (Å²) in [5.41, 5.74) is 0.989. The molecule has 0 unspecified atom stereocenters. The van der Waals surface area contributed by atoms with Crippen LogP contribution < -0.4 is 5.32 Å². The third-order valence-corrected chi connectivity index (χ3v) is 5.24. The molecule has 0 radical (unpaired) electrons. The first kappa shape index (κ1) is 24.0. The SMILES string of the molecule is O=C(O)CCC[C@H](NC(=O)O[C@@H](CSCc1ccc(I)cc1)C(=O)O)C(=O)O. The Bertz CT molecular complexity index is 697. The van der Waals surface area contributed by atoms with Crippen LogP contribution in [0.1, 0.15) is 24.8 Å². The van der Waals surface area contributed by atoms with E-state index in [0.717, 1.165) is 9.13 Å². The molecule has 4 N–H and O–H groups in total. The number of nitrogens with one attached hydrogen (secondary N) is 1. The zero-order chi connectivity index (χ0) is 21.1. The Morgan fingerprint density at radius 2 is 1.71 bits per heavy atom. The molecule has 0 fully saturated rings. The van der Waals surface area contributed by atoms with Gasteiger partial charge < -0.3 is 25.4 Å². The van der Waals surface area contributed by atoms with Crippen LogP contribution >= 0.6 is 34.4 Å². The first-order valence-electron chi connectivity index (χ1n) is 8.15. The number of carbonyl (C=O) groups is 4. The van der Waals surface area contributed by atoms with Crippen LogP contribution in [0.15, 0.2) is 24.3 Å². The van der Waals surface area contributed by atoms with E-state index in [1.54, 1.807) is 0 Å². The van der Waals surface area contributed by atoms with Gasteiger partial charge in [-0.25, -0.2) is 14.4 Å². The van der Waals surface area contributed by atoms with E-state index in [1.807, 2.05) is 24.3 Å². The molecule has 0 aliphatic heterocycles. The lowest BCUT2D eigenvalue weighted by molar-refractivity contribution is -0.145. The molecule has 0 saturated carbocycles. The van der Waals surface area contributed by atoms with Gasteiger partial charge in [-0.1, -0.05) is 12.1 Å². The number of amides is 1. The molecule has 0 aromatic heterocycles. The predicted octanol–water partition coefficient (Wildman–Crippen LogP) is 2.41. The number of rotatable bonds is 12. The molecule has 0 heterocycles. The van der Waals surface area contributed by atoms with E-state index in [4.69, 9.17) is 14.9 Å². The van der Waals surface area contributed by atoms with Gasteiger partial charge >= 0.3 is 24.0 Å². The van der Waals surface area contributed by atoms with Gasteiger partial charge in [-0.15, -0.1) is 0 Å². The molecule has 28 heavy (non-hydrogen) atoms. The monoisotopic (exact) mass is 525 g/mol. The molecular weight excluding hydrogens is 505 g/mol. The van der Waals surface area contributed by atoms with Crippen molar-refractivity contribution >= 4 is 58.4 Å². The molecule has 11 heteroatoms. The highest BCUT2D eigenvalue weighted by Gasteiger charge is 2.26. The lowest BCUT2D eigenvalue weighted by Crippen LogP contribution is -2.43. The van der Waals surface area contributed by atoms with E-state index in [9.17, 15) is 24.3 Å². The number of ether oxygens (including phenoxy) is 1. The Morgan fingerprint density at radius 1 is 1.07 bits per heavy atom. The molecule has 0 spiro atoms. The van der Waals surface area contributed by atoms with Crippen molar-refractivity contribution in [1.82, 2.24) is 5.32 Å². The van der Waals surface area contributed by atoms with Crippen molar-refractivity contribution in [3.8, 4) is 0 Å². The van der Waals surface area contributed by atoms with Crippen LogP contribution in [0.3, 0.4) is 0 Å². The van der Waals surface area contributed by atoms with Crippen LogP contribution in [0, 0.1) is 3.57 Å². The molecule has 0 aliphatic rings. The number of carboxylic acids is 3. The van der Waals surface area contributed by atoms with E-state index < -0.39 is 36.1 Å². The van der Waals surface area contributed by atoms with Crippen LogP contribution in [0.25, 0.3) is 0 Å². The molecule has 0 bridgehead atoms. The third-order valence-electron chi connectivity index (χ3n) is 3.45. The standard InChI is InChI=1S/C17H20INO8S/c18-11-6-4-10(5-7-11)8-28-9-13(16(24)25)27-17(26)19-12(15(22)23)2-1-3-14(20)21/h4-7,12-13H,1-3,8-9H2,(H,19,26)(H,20,21)(H,22,23)(H,24,25)/t12-,13-/m0/s1. The van der Waals surface area contributed by atoms with Crippen LogP contribution in [-0.2, 0) is 24.9 Å². The topological polar surface area (TPSA) is 150 Å². The highest BCUT2D eigenvalue weighted by Crippen LogP contribution is 2.16. The number of hydrogen-bond acceptors (Lipinski definition) is 6. The van der Waals surface area contributed by atoms with Crippen molar-refractivity contribution in [1.29, 1.82) is 0 Å². The van der Waals surface area contributed by atoms with Crippen LogP contribution in [0.5, 0.6) is 0 Å². The van der Waals surface area contributed by atoms with Crippen molar-refractivity contribution in [2.45, 2.75) is 37.2 Å². The largest absolute Gasteiger partial charge is 0.481 e. The number of alkyl carbamates (subject to hydrolysis) is 1. The normalized spacial score (nSPS) is 12.6. The minimum atomic E-state index is -1.44. The molecule has 1 aromatic carbocycles. The number of thioether (sulfide) groups is 1. The van der Waals surface area contributed by atoms with Gasteiger partial charge in [0.25, 0.3) is 0 Å². The molecule has 1 aromatic rings. The first-order chi connectivity index (χ1) is 13.2. The summed E-state index contributed by atoms with van der Waals surface area (Å²) in [6, 6.07) is 6.30. The van der Waals surface area contributed by atoms with E-state index in [2.05, 4.69) is 27.9 Å². The van der Waals surface area contributed by atoms with Crippen LogP contribution in [0.4, 0.5) is 4.79 Å². The fraction of sp³-hybridized carbons (Fsp3) is 0.412. The smallest absolute Gasteiger partial charge is 0.408 e. The third kappa shape index (κ3) is 9.78. The van der Waals surface area contributed by atoms with Crippen LogP contribution in [-0.4, -0.2) is 57.2 Å². The number of halogens is 1. The molecule has 0 aliphatic carbocycles. The van der Waals surface area contributed by atoms with Crippen molar-refractivity contribution in [3.63, 3.8) is 0 Å². The second kappa shape index (κ2) is 12.4. The number of carboxylic acid groups (broad SMARTS) is 3. The van der Waals surface area contributed by atoms with Gasteiger partial charge in [0, 0.05) is 21.5 Å². The number of carbonyl (C=O) groups excluding carboxylic acids is 1. The average molecular weight is 525 g/mol. The maximum atomic E-state index is 11.9. The van der Waals surface area contributed by atoms with Crippen molar-refractivity contribution in [2.24, 2.45) is 0 Å². The van der Waals surface area contributed by atoms with Gasteiger partial charge in [-0.3, -0.25) is 4.79 Å². The molecule has 1 rings (SSSR count). The van der Waals surface area contributed by atoms with Crippen molar-refractivity contribution < 1.29 is 39.2 Å². The van der Waals surface area contributed by atoms with E-state index >= 15 is 0 Å². The Morgan fingerprint density at radius 3 is 2.25 bits per heavy atom. The van der Waals surface area contributed by atoms with Crippen LogP contribution in [0.2, 0.25) is 0 Å². The molecule has 1 amide bonds. The maximum Gasteiger partial charge on any atom is 0.408 e. The highest BCUT2D eigenvalue weighted by atomic mass is 127. The number of benzene rings is 1. The summed E-state index contributed by atoms with van der Waals surface area (Å²) in [5.74, 6) is -3.27. The lowest BCUT2D eigenvalue weighted by Gasteiger charge is -2.17. The van der Waals surface area contributed by atoms with E-state index in [0.29, 0.717) is 5.75 Å². The number of aliphatic carboxylic acids is 3. The molecule has 2 atom stereocenters. The Labute approximate surface area is 179 Å². The first-order valence-corrected chi connectivity index (χ1v) is 10.4. The molecule has 9 nitrogen and oxygen atoms in total. The summed E-state index contributed by atoms with van der Waals surface area (Å²) in [6.07, 6.45) is -2.93. The average Bonchev–Trinajstić information content (AvgIpc) is 2.61. The van der Waals surface area contributed by atoms with Crippen molar-refractivity contribution in [3.05, 3.63) is 33.4 Å². The molecule has 154 valence electrons. The fourth-order valence-electron chi connectivity index (χ4n) is 2.04. The Balaban J connectivity index is 2.50. The minimum Gasteiger partial charge on any atom is -0.481 e. The Hall–Kier alpha value is -2.02. The highest BCUT2D eigenvalue weighted by molar-refractivity contribution is 14.1. The summed E-state index contributed by atoms with van der Waals surface area (Å²) in [7, 11) is 0. The van der Waals surface area contributed by atoms with E-state index in [-0.39, 0.29) is 25.0 Å². The minimum absolute atomic E-state index is 0.00844. The van der Waals surface area contributed by atoms with Gasteiger partial charge in [0.1, 0.15) is 6.04 Å². The van der Waals surface area contributed by atoms with Gasteiger partial charge in [0.05, 0.1) is 0 Å². The fourth-order valence-corrected chi connectivity index (χ4v) is 3.37. The molecule has 0 saturated heterocycles. The zero-order valence-corrected chi connectivity index (χ0v) is 17.6. The summed E-state index contributed by atoms with van der Waals surface area (Å²) in [6.45, 7) is 0. The lowest BCUT2D eigenvalue weighted by atomic mass is 10.1. The number of hydrogen-bond donors (Lipinski definition) is 4. The quantitative estimate of drug-likeness (QED) is 0.302. The summed E-state index contributed by atoms with van der Waals surface area (Å²) in [5, 5.41) is 28.9. The summed E-state index contributed by atoms with van der Waals surface area (Å²) >= 11 is 3.44. The second-order valence-electron chi connectivity index (χ2n) is 5.69. The summed E-state index contributed by atoms with van der Waals surface area (Å²) < 4.78 is 5.90. The zero-order valence-electron chi connectivity index (χ0n) is 14.7. The van der Waals surface area contributed by atoms with E-state index in [1.165, 1.54) is 11.8 Å². The molecular formula is C17H20INO8S. The Kier molecular flexibility index (Phi) is 10.7. The second-order valence-corrected chi connectivity index (χ2v) is 7.97.